The first-order chi connectivity index (χ1) is 16.9. The first-order valence-corrected chi connectivity index (χ1v) is 10.7. The third kappa shape index (κ3) is 4.18. The summed E-state index contributed by atoms with van der Waals surface area (Å²) in [6.45, 7) is -1.59. The van der Waals surface area contributed by atoms with E-state index in [1.807, 2.05) is 0 Å². The summed E-state index contributed by atoms with van der Waals surface area (Å²) >= 11 is 0. The average molecular weight is 479 g/mol. The van der Waals surface area contributed by atoms with E-state index in [2.05, 4.69) is 10.4 Å². The van der Waals surface area contributed by atoms with Gasteiger partial charge in [0.1, 0.15) is 17.0 Å². The second kappa shape index (κ2) is 9.71. The van der Waals surface area contributed by atoms with E-state index in [1.165, 1.54) is 26.5 Å². The molecule has 3 aromatic carbocycles. The van der Waals surface area contributed by atoms with Crippen LogP contribution in [0.4, 0.5) is 5.69 Å². The van der Waals surface area contributed by atoms with Crippen LogP contribution in [-0.4, -0.2) is 77.9 Å². The van der Waals surface area contributed by atoms with Crippen molar-refractivity contribution >= 4 is 34.5 Å². The van der Waals surface area contributed by atoms with Crippen LogP contribution in [0.2, 0.25) is 0 Å². The molecule has 1 aliphatic heterocycles. The number of hydrogen-bond donors (Lipinski definition) is 4. The maximum absolute atomic E-state index is 13.3. The fourth-order valence-electron chi connectivity index (χ4n) is 3.90. The molecule has 1 aliphatic rings. The Labute approximate surface area is 201 Å². The number of benzene rings is 3. The van der Waals surface area contributed by atoms with Crippen LogP contribution < -0.4 is 14.8 Å². The summed E-state index contributed by atoms with van der Waals surface area (Å²) in [7, 11) is 3.02. The Morgan fingerprint density at radius 3 is 2.26 bits per heavy atom. The fourth-order valence-corrected chi connectivity index (χ4v) is 3.90. The van der Waals surface area contributed by atoms with Crippen molar-refractivity contribution in [2.75, 3.05) is 39.4 Å². The lowest BCUT2D eigenvalue weighted by molar-refractivity contribution is 0.0616. The van der Waals surface area contributed by atoms with Gasteiger partial charge in [-0.15, -0.1) is 0 Å². The van der Waals surface area contributed by atoms with Crippen LogP contribution >= 0.6 is 0 Å². The molecule has 2 amide bonds. The molecule has 0 unspecified atom stereocenters. The van der Waals surface area contributed by atoms with Crippen LogP contribution in [0.3, 0.4) is 0 Å². The van der Waals surface area contributed by atoms with Crippen LogP contribution in [0.15, 0.2) is 53.6 Å². The van der Waals surface area contributed by atoms with Crippen molar-refractivity contribution in [3.63, 3.8) is 0 Å². The number of ether oxygens (including phenoxy) is 2. The fraction of sp³-hybridized carbons (Fsp3) is 0.240. The summed E-state index contributed by atoms with van der Waals surface area (Å²) < 4.78 is 10.5. The summed E-state index contributed by atoms with van der Waals surface area (Å²) in [5.74, 6) is -0.163. The Balaban J connectivity index is 1.74. The quantitative estimate of drug-likeness (QED) is 0.268. The van der Waals surface area contributed by atoms with Crippen molar-refractivity contribution in [1.29, 1.82) is 0 Å². The molecule has 0 saturated heterocycles. The number of carbonyl (C=O) groups is 2. The Morgan fingerprint density at radius 2 is 1.63 bits per heavy atom. The second-order valence-corrected chi connectivity index (χ2v) is 8.04. The molecule has 4 rings (SSSR count). The van der Waals surface area contributed by atoms with Crippen molar-refractivity contribution in [3.8, 4) is 11.5 Å². The predicted molar refractivity (Wildman–Crippen MR) is 129 cm³/mol. The van der Waals surface area contributed by atoms with Gasteiger partial charge < -0.3 is 30.1 Å². The van der Waals surface area contributed by atoms with Gasteiger partial charge in [0.2, 0.25) is 0 Å². The molecular weight excluding hydrogens is 454 g/mol. The van der Waals surface area contributed by atoms with Gasteiger partial charge in [-0.05, 0) is 30.3 Å². The zero-order valence-corrected chi connectivity index (χ0v) is 19.2. The number of aliphatic hydroxyl groups excluding tert-OH is 3. The zero-order valence-electron chi connectivity index (χ0n) is 19.2. The summed E-state index contributed by atoms with van der Waals surface area (Å²) in [5.41, 5.74) is 0.148. The summed E-state index contributed by atoms with van der Waals surface area (Å²) in [4.78, 5) is 26.5. The SMILES string of the molecule is COc1ccc(/C=N\N2C(=O)c3cccc4c(NC(CO)(CO)CO)ccc(c34)C2=O)c(OC)c1. The van der Waals surface area contributed by atoms with Crippen molar-refractivity contribution in [1.82, 2.24) is 5.01 Å². The molecule has 1 heterocycles. The van der Waals surface area contributed by atoms with Gasteiger partial charge in [-0.3, -0.25) is 9.59 Å². The highest BCUT2D eigenvalue weighted by molar-refractivity contribution is 6.26. The van der Waals surface area contributed by atoms with E-state index in [1.54, 1.807) is 42.5 Å². The second-order valence-electron chi connectivity index (χ2n) is 8.04. The average Bonchev–Trinajstić information content (AvgIpc) is 2.90. The number of aliphatic hydroxyl groups is 3. The number of nitrogens with one attached hydrogen (secondary N) is 1. The predicted octanol–water partition coefficient (Wildman–Crippen LogP) is 1.61. The van der Waals surface area contributed by atoms with E-state index >= 15 is 0 Å². The van der Waals surface area contributed by atoms with Gasteiger partial charge in [0.25, 0.3) is 11.8 Å². The van der Waals surface area contributed by atoms with E-state index in [9.17, 15) is 24.9 Å². The number of imide groups is 1. The molecule has 0 fully saturated rings. The van der Waals surface area contributed by atoms with Gasteiger partial charge in [0.15, 0.2) is 0 Å². The molecule has 0 saturated carbocycles. The van der Waals surface area contributed by atoms with Gasteiger partial charge in [0, 0.05) is 28.1 Å². The lowest BCUT2D eigenvalue weighted by atomic mass is 9.92. The molecule has 0 radical (unpaired) electrons. The van der Waals surface area contributed by atoms with E-state index in [4.69, 9.17) is 9.47 Å². The largest absolute Gasteiger partial charge is 0.497 e. The van der Waals surface area contributed by atoms with Crippen LogP contribution in [0.25, 0.3) is 10.8 Å². The number of methoxy groups -OCH3 is 2. The third-order valence-corrected chi connectivity index (χ3v) is 5.95. The molecule has 3 aromatic rings. The van der Waals surface area contributed by atoms with Crippen molar-refractivity contribution in [3.05, 3.63) is 65.2 Å². The molecule has 35 heavy (non-hydrogen) atoms. The minimum absolute atomic E-state index is 0.266. The third-order valence-electron chi connectivity index (χ3n) is 5.95. The monoisotopic (exact) mass is 479 g/mol. The van der Waals surface area contributed by atoms with Crippen LogP contribution in [0.1, 0.15) is 26.3 Å². The smallest absolute Gasteiger partial charge is 0.282 e. The summed E-state index contributed by atoms with van der Waals surface area (Å²) in [6, 6.07) is 13.2. The van der Waals surface area contributed by atoms with Crippen LogP contribution in [0, 0.1) is 0 Å². The lowest BCUT2D eigenvalue weighted by Gasteiger charge is -2.31. The highest BCUT2D eigenvalue weighted by Crippen LogP contribution is 2.35. The van der Waals surface area contributed by atoms with Gasteiger partial charge in [-0.1, -0.05) is 12.1 Å². The van der Waals surface area contributed by atoms with Crippen LogP contribution in [0.5, 0.6) is 11.5 Å². The van der Waals surface area contributed by atoms with Crippen molar-refractivity contribution < 1.29 is 34.4 Å². The summed E-state index contributed by atoms with van der Waals surface area (Å²) in [5, 5.41) is 37.9. The maximum atomic E-state index is 13.3. The number of rotatable bonds is 9. The van der Waals surface area contributed by atoms with Crippen molar-refractivity contribution in [2.45, 2.75) is 5.54 Å². The molecule has 0 spiro atoms. The Hall–Kier alpha value is -3.99. The summed E-state index contributed by atoms with van der Waals surface area (Å²) in [6.07, 6.45) is 1.37. The molecule has 0 bridgehead atoms. The van der Waals surface area contributed by atoms with Gasteiger partial charge >= 0.3 is 0 Å². The number of hydrogen-bond acceptors (Lipinski definition) is 9. The number of carbonyl (C=O) groups excluding carboxylic acids is 2. The minimum Gasteiger partial charge on any atom is -0.497 e. The number of hydrazone groups is 1. The van der Waals surface area contributed by atoms with Gasteiger partial charge in [-0.25, -0.2) is 0 Å². The number of amides is 2. The van der Waals surface area contributed by atoms with Crippen molar-refractivity contribution in [2.24, 2.45) is 5.10 Å². The molecular formula is C25H25N3O7. The molecule has 0 aromatic heterocycles. The maximum Gasteiger partial charge on any atom is 0.282 e. The molecule has 182 valence electrons. The Kier molecular flexibility index (Phi) is 6.70. The van der Waals surface area contributed by atoms with Gasteiger partial charge in [-0.2, -0.15) is 10.1 Å². The Morgan fingerprint density at radius 1 is 0.943 bits per heavy atom. The molecule has 10 heteroatoms. The molecule has 10 nitrogen and oxygen atoms in total. The highest BCUT2D eigenvalue weighted by Gasteiger charge is 2.35. The van der Waals surface area contributed by atoms with E-state index in [-0.39, 0.29) is 11.1 Å². The number of nitrogens with zero attached hydrogens (tertiary/aromatic N) is 2. The molecule has 0 aliphatic carbocycles. The lowest BCUT2D eigenvalue weighted by Crippen LogP contribution is -2.49. The molecule has 0 atom stereocenters. The van der Waals surface area contributed by atoms with Crippen LogP contribution in [-0.2, 0) is 0 Å². The molecule has 4 N–H and O–H groups in total. The standard InChI is InChI=1S/C25H25N3O7/c1-34-16-7-6-15(21(10-16)35-2)11-26-28-23(32)18-5-3-4-17-20(27-25(12-29,13-30)14-31)9-8-19(22(17)18)24(28)33/h3-11,27,29-31H,12-14H2,1-2H3/b26-11-. The zero-order chi connectivity index (χ0) is 25.2. The normalized spacial score (nSPS) is 13.6. The van der Waals surface area contributed by atoms with E-state index < -0.39 is 37.2 Å². The highest BCUT2D eigenvalue weighted by atomic mass is 16.5. The minimum atomic E-state index is -1.38. The van der Waals surface area contributed by atoms with E-state index in [0.717, 1.165) is 5.01 Å². The first-order valence-electron chi connectivity index (χ1n) is 10.7. The van der Waals surface area contributed by atoms with Gasteiger partial charge in [0.05, 0.1) is 51.4 Å². The van der Waals surface area contributed by atoms with E-state index in [0.29, 0.717) is 33.5 Å². The number of anilines is 1. The first kappa shape index (κ1) is 24.1. The Bertz CT molecular complexity index is 1290. The topological polar surface area (TPSA) is 141 Å².